The van der Waals surface area contributed by atoms with Crippen LogP contribution < -0.4 is 0 Å². The molecule has 0 unspecified atom stereocenters. The van der Waals surface area contributed by atoms with Crippen molar-refractivity contribution in [2.45, 2.75) is 35.5 Å². The normalized spacial score (nSPS) is 16.0. The summed E-state index contributed by atoms with van der Waals surface area (Å²) in [5, 5.41) is 13.9. The quantitative estimate of drug-likeness (QED) is 0.379. The van der Waals surface area contributed by atoms with Crippen molar-refractivity contribution in [3.05, 3.63) is 74.6 Å². The Morgan fingerprint density at radius 3 is 2.54 bits per heavy atom. The molecule has 1 aliphatic heterocycles. The molecule has 0 spiro atoms. The Labute approximate surface area is 216 Å². The molecule has 1 amide bonds. The van der Waals surface area contributed by atoms with Crippen molar-refractivity contribution in [2.24, 2.45) is 0 Å². The van der Waals surface area contributed by atoms with E-state index in [1.54, 1.807) is 52.2 Å². The lowest BCUT2D eigenvalue weighted by Gasteiger charge is -2.38. The second kappa shape index (κ2) is 9.59. The van der Waals surface area contributed by atoms with E-state index in [1.807, 2.05) is 6.07 Å². The van der Waals surface area contributed by atoms with Crippen molar-refractivity contribution >= 4 is 60.2 Å². The Morgan fingerprint density at radius 2 is 1.86 bits per heavy atom. The fourth-order valence-corrected chi connectivity index (χ4v) is 7.66. The van der Waals surface area contributed by atoms with Crippen LogP contribution >= 0.6 is 34.3 Å². The average molecular weight is 548 g/mol. The van der Waals surface area contributed by atoms with Gasteiger partial charge in [-0.25, -0.2) is 18.4 Å². The molecule has 4 aromatic rings. The van der Waals surface area contributed by atoms with Crippen LogP contribution in [-0.4, -0.2) is 53.0 Å². The third kappa shape index (κ3) is 5.26. The third-order valence-corrected chi connectivity index (χ3v) is 9.88. The zero-order valence-corrected chi connectivity index (χ0v) is 21.8. The number of likely N-dealkylation sites (tertiary alicyclic amines) is 1. The van der Waals surface area contributed by atoms with Crippen LogP contribution in [0.5, 0.6) is 0 Å². The average Bonchev–Trinajstić information content (AvgIpc) is 3.47. The fourth-order valence-electron chi connectivity index (χ4n) is 4.29. The number of amides is 1. The number of sulfone groups is 1. The van der Waals surface area contributed by atoms with Gasteiger partial charge in [-0.1, -0.05) is 29.8 Å². The van der Waals surface area contributed by atoms with Gasteiger partial charge in [0.15, 0.2) is 9.84 Å². The third-order valence-electron chi connectivity index (χ3n) is 6.20. The minimum absolute atomic E-state index is 0.133. The number of halogens is 1. The van der Waals surface area contributed by atoms with Gasteiger partial charge in [-0.2, -0.15) is 0 Å². The Kier molecular flexibility index (Phi) is 6.67. The lowest BCUT2D eigenvalue weighted by atomic mass is 9.88. The summed E-state index contributed by atoms with van der Waals surface area (Å²) >= 11 is 8.70. The zero-order chi connectivity index (χ0) is 24.6. The molecule has 35 heavy (non-hydrogen) atoms. The van der Waals surface area contributed by atoms with E-state index >= 15 is 0 Å². The highest BCUT2D eigenvalue weighted by Crippen LogP contribution is 2.30. The van der Waals surface area contributed by atoms with Crippen molar-refractivity contribution in [2.75, 3.05) is 13.1 Å². The van der Waals surface area contributed by atoms with E-state index in [-0.39, 0.29) is 16.6 Å². The Bertz CT molecular complexity index is 1470. The van der Waals surface area contributed by atoms with Gasteiger partial charge >= 0.3 is 0 Å². The van der Waals surface area contributed by atoms with Crippen LogP contribution in [0.1, 0.15) is 33.8 Å². The van der Waals surface area contributed by atoms with Crippen LogP contribution in [-0.2, 0) is 22.0 Å². The molecular weight excluding hydrogens is 526 g/mol. The molecule has 0 bridgehead atoms. The molecule has 5 rings (SSSR count). The van der Waals surface area contributed by atoms with Crippen molar-refractivity contribution < 1.29 is 18.3 Å². The summed E-state index contributed by atoms with van der Waals surface area (Å²) in [4.78, 5) is 23.4. The van der Waals surface area contributed by atoms with Crippen LogP contribution in [0.2, 0.25) is 5.15 Å². The number of thiazole rings is 2. The predicted octanol–water partition coefficient (Wildman–Crippen LogP) is 4.59. The van der Waals surface area contributed by atoms with Crippen LogP contribution in [0.25, 0.3) is 10.2 Å². The summed E-state index contributed by atoms with van der Waals surface area (Å²) in [6.45, 7) is 0.866. The number of aromatic nitrogens is 2. The van der Waals surface area contributed by atoms with Crippen LogP contribution in [0, 0.1) is 0 Å². The maximum atomic E-state index is 13.0. The lowest BCUT2D eigenvalue weighted by molar-refractivity contribution is -0.0162. The molecule has 2 aromatic carbocycles. The predicted molar refractivity (Wildman–Crippen MR) is 138 cm³/mol. The molecular formula is C24H22ClN3O4S3. The first-order valence-corrected chi connectivity index (χ1v) is 14.8. The number of para-hydroxylation sites is 1. The smallest absolute Gasteiger partial charge is 0.253 e. The van der Waals surface area contributed by atoms with E-state index in [0.717, 1.165) is 9.71 Å². The first-order chi connectivity index (χ1) is 16.7. The number of benzene rings is 2. The summed E-state index contributed by atoms with van der Waals surface area (Å²) in [6, 6.07) is 11.8. The molecule has 3 heterocycles. The van der Waals surface area contributed by atoms with Gasteiger partial charge in [-0.15, -0.1) is 22.7 Å². The topological polar surface area (TPSA) is 100 Å². The minimum Gasteiger partial charge on any atom is -0.389 e. The van der Waals surface area contributed by atoms with Gasteiger partial charge in [-0.05, 0) is 42.7 Å². The second-order valence-electron chi connectivity index (χ2n) is 8.67. The number of carbonyl (C=O) groups is 1. The summed E-state index contributed by atoms with van der Waals surface area (Å²) in [7, 11) is -3.59. The molecule has 0 aliphatic carbocycles. The lowest BCUT2D eigenvalue weighted by Crippen LogP contribution is -2.47. The standard InChI is InChI=1S/C24H22ClN3O4S3/c25-20-13-33-21(27-20)12-24(30)8-10-28(11-9-24)23(29)17-6-4-16(5-7-17)14-35(31,32)19-3-1-2-18-22(19)26-15-34-18/h1-7,13,15,30H,8-12,14H2. The molecule has 0 atom stereocenters. The number of hydrogen-bond acceptors (Lipinski definition) is 8. The Balaban J connectivity index is 1.23. The maximum Gasteiger partial charge on any atom is 0.253 e. The Hall–Kier alpha value is -2.37. The van der Waals surface area contributed by atoms with Gasteiger partial charge < -0.3 is 10.0 Å². The van der Waals surface area contributed by atoms with Gasteiger partial charge in [0.25, 0.3) is 5.91 Å². The first-order valence-electron chi connectivity index (χ1n) is 11.0. The molecule has 11 heteroatoms. The molecule has 0 saturated carbocycles. The van der Waals surface area contributed by atoms with E-state index in [2.05, 4.69) is 9.97 Å². The number of fused-ring (bicyclic) bond motifs is 1. The molecule has 7 nitrogen and oxygen atoms in total. The summed E-state index contributed by atoms with van der Waals surface area (Å²) in [5.41, 5.74) is 2.32. The van der Waals surface area contributed by atoms with E-state index in [9.17, 15) is 18.3 Å². The number of hydrogen-bond donors (Lipinski definition) is 1. The van der Waals surface area contributed by atoms with Crippen LogP contribution in [0.3, 0.4) is 0 Å². The van der Waals surface area contributed by atoms with Crippen molar-refractivity contribution in [1.29, 1.82) is 0 Å². The van der Waals surface area contributed by atoms with Gasteiger partial charge in [0.1, 0.15) is 5.15 Å². The summed E-state index contributed by atoms with van der Waals surface area (Å²) in [5.74, 6) is -0.304. The van der Waals surface area contributed by atoms with E-state index in [4.69, 9.17) is 11.6 Å². The molecule has 182 valence electrons. The van der Waals surface area contributed by atoms with Crippen LogP contribution in [0.4, 0.5) is 0 Å². The highest BCUT2D eigenvalue weighted by atomic mass is 35.5. The maximum absolute atomic E-state index is 13.0. The van der Waals surface area contributed by atoms with E-state index in [1.165, 1.54) is 22.7 Å². The van der Waals surface area contributed by atoms with Crippen molar-refractivity contribution in [3.63, 3.8) is 0 Å². The molecule has 1 fully saturated rings. The highest BCUT2D eigenvalue weighted by Gasteiger charge is 2.35. The number of rotatable bonds is 6. The fraction of sp³-hybridized carbons (Fsp3) is 0.292. The van der Waals surface area contributed by atoms with Gasteiger partial charge in [0.2, 0.25) is 0 Å². The number of piperidine rings is 1. The summed E-state index contributed by atoms with van der Waals surface area (Å²) < 4.78 is 26.9. The monoisotopic (exact) mass is 547 g/mol. The number of aliphatic hydroxyl groups is 1. The minimum atomic E-state index is -3.59. The van der Waals surface area contributed by atoms with Crippen molar-refractivity contribution in [3.8, 4) is 0 Å². The van der Waals surface area contributed by atoms with Gasteiger partial charge in [0, 0.05) is 30.5 Å². The molecule has 2 aromatic heterocycles. The second-order valence-corrected chi connectivity index (χ2v) is 12.8. The van der Waals surface area contributed by atoms with E-state index < -0.39 is 15.4 Å². The molecule has 1 N–H and O–H groups in total. The highest BCUT2D eigenvalue weighted by molar-refractivity contribution is 7.90. The largest absolute Gasteiger partial charge is 0.389 e. The number of nitrogens with zero attached hydrogens (tertiary/aromatic N) is 3. The molecule has 1 aliphatic rings. The Morgan fingerprint density at radius 1 is 1.11 bits per heavy atom. The summed E-state index contributed by atoms with van der Waals surface area (Å²) in [6.07, 6.45) is 1.33. The SMILES string of the molecule is O=C(c1ccc(CS(=O)(=O)c2cccc3scnc23)cc1)N1CCC(O)(Cc2nc(Cl)cs2)CC1. The first kappa shape index (κ1) is 24.3. The number of carbonyl (C=O) groups excluding carboxylic acids is 1. The van der Waals surface area contributed by atoms with Crippen molar-refractivity contribution in [1.82, 2.24) is 14.9 Å². The zero-order valence-electron chi connectivity index (χ0n) is 18.6. The van der Waals surface area contributed by atoms with Gasteiger partial charge in [-0.3, -0.25) is 4.79 Å². The molecule has 1 saturated heterocycles. The van der Waals surface area contributed by atoms with Crippen LogP contribution in [0.15, 0.2) is 58.3 Å². The van der Waals surface area contributed by atoms with E-state index in [0.29, 0.717) is 54.1 Å². The molecule has 0 radical (unpaired) electrons. The van der Waals surface area contributed by atoms with Gasteiger partial charge in [0.05, 0.1) is 37.0 Å².